The Hall–Kier alpha value is -3.36. The standard InChI is InChI=1S/C20H24FN7O/c1-27(20-24-12-17(21)13-25-20)10-11-28-9-7-16(19(28)29)5-2-4-15-6-3-8-23-18(15)26-14-22/h2-4,6,8,12-14,16H,5,7,9-11H2,1H3,(H2,22,23,26)/b4-2-/t16-/m0/s1. The van der Waals surface area contributed by atoms with E-state index < -0.39 is 5.82 Å². The van der Waals surface area contributed by atoms with Crippen molar-refractivity contribution in [1.29, 1.82) is 0 Å². The van der Waals surface area contributed by atoms with Crippen molar-refractivity contribution in [2.45, 2.75) is 12.8 Å². The minimum absolute atomic E-state index is 0.0308. The molecule has 0 aliphatic carbocycles. The summed E-state index contributed by atoms with van der Waals surface area (Å²) >= 11 is 0. The van der Waals surface area contributed by atoms with Gasteiger partial charge < -0.3 is 15.5 Å². The number of allylic oxidation sites excluding steroid dienone is 1. The second-order valence-corrected chi connectivity index (χ2v) is 6.77. The summed E-state index contributed by atoms with van der Waals surface area (Å²) in [5, 5.41) is 0. The van der Waals surface area contributed by atoms with Crippen LogP contribution in [-0.2, 0) is 4.79 Å². The number of nitrogens with zero attached hydrogens (tertiary/aromatic N) is 6. The molecule has 1 saturated heterocycles. The maximum absolute atomic E-state index is 12.9. The summed E-state index contributed by atoms with van der Waals surface area (Å²) < 4.78 is 12.9. The largest absolute Gasteiger partial charge is 0.390 e. The van der Waals surface area contributed by atoms with E-state index in [2.05, 4.69) is 19.9 Å². The Kier molecular flexibility index (Phi) is 6.83. The number of carbonyl (C=O) groups is 1. The molecule has 0 bridgehead atoms. The van der Waals surface area contributed by atoms with Crippen molar-refractivity contribution in [3.63, 3.8) is 0 Å². The molecule has 1 atom stereocenters. The molecule has 1 fully saturated rings. The van der Waals surface area contributed by atoms with E-state index >= 15 is 0 Å². The van der Waals surface area contributed by atoms with E-state index in [1.54, 1.807) is 6.20 Å². The average Bonchev–Trinajstić information content (AvgIpc) is 3.08. The number of halogens is 1. The van der Waals surface area contributed by atoms with Crippen LogP contribution >= 0.6 is 0 Å². The number of aromatic nitrogens is 3. The lowest BCUT2D eigenvalue weighted by Gasteiger charge is -2.22. The number of anilines is 1. The maximum Gasteiger partial charge on any atom is 0.226 e. The lowest BCUT2D eigenvalue weighted by atomic mass is 10.0. The molecule has 2 aromatic rings. The molecule has 0 radical (unpaired) electrons. The number of aliphatic imine (C=N–C) groups is 1. The molecule has 2 N–H and O–H groups in total. The molecular weight excluding hydrogens is 373 g/mol. The van der Waals surface area contributed by atoms with Crippen molar-refractivity contribution in [3.8, 4) is 0 Å². The number of carbonyl (C=O) groups excluding carboxylic acids is 1. The summed E-state index contributed by atoms with van der Waals surface area (Å²) in [5.41, 5.74) is 6.21. The summed E-state index contributed by atoms with van der Waals surface area (Å²) in [6, 6.07) is 3.74. The third kappa shape index (κ3) is 5.34. The average molecular weight is 397 g/mol. The molecule has 1 aliphatic heterocycles. The number of hydrogen-bond acceptors (Lipinski definition) is 6. The summed E-state index contributed by atoms with van der Waals surface area (Å²) in [6.07, 6.45) is 10.5. The Balaban J connectivity index is 1.50. The van der Waals surface area contributed by atoms with E-state index in [0.717, 1.165) is 30.9 Å². The third-order valence-electron chi connectivity index (χ3n) is 4.79. The molecule has 3 heterocycles. The Bertz CT molecular complexity index is 885. The number of hydrogen-bond donors (Lipinski definition) is 1. The summed E-state index contributed by atoms with van der Waals surface area (Å²) in [6.45, 7) is 1.88. The second-order valence-electron chi connectivity index (χ2n) is 6.77. The fourth-order valence-corrected chi connectivity index (χ4v) is 3.19. The van der Waals surface area contributed by atoms with E-state index in [0.29, 0.717) is 31.3 Å². The first-order valence-electron chi connectivity index (χ1n) is 9.41. The van der Waals surface area contributed by atoms with Gasteiger partial charge in [0.2, 0.25) is 11.9 Å². The molecule has 1 aliphatic rings. The van der Waals surface area contributed by atoms with Crippen LogP contribution in [0.4, 0.5) is 16.2 Å². The zero-order chi connectivity index (χ0) is 20.6. The first kappa shape index (κ1) is 20.4. The summed E-state index contributed by atoms with van der Waals surface area (Å²) in [4.78, 5) is 32.4. The number of likely N-dealkylation sites (tertiary alicyclic amines) is 1. The van der Waals surface area contributed by atoms with Gasteiger partial charge in [-0.2, -0.15) is 0 Å². The van der Waals surface area contributed by atoms with Crippen molar-refractivity contribution in [2.75, 3.05) is 31.6 Å². The topological polar surface area (TPSA) is 101 Å². The molecular formula is C20H24FN7O. The molecule has 0 aromatic carbocycles. The molecule has 9 heteroatoms. The van der Waals surface area contributed by atoms with Crippen molar-refractivity contribution in [2.24, 2.45) is 16.6 Å². The Morgan fingerprint density at radius 2 is 2.17 bits per heavy atom. The molecule has 1 amide bonds. The van der Waals surface area contributed by atoms with E-state index in [-0.39, 0.29) is 11.8 Å². The van der Waals surface area contributed by atoms with Crippen molar-refractivity contribution < 1.29 is 9.18 Å². The van der Waals surface area contributed by atoms with Gasteiger partial charge in [-0.1, -0.05) is 12.2 Å². The minimum Gasteiger partial charge on any atom is -0.390 e. The molecule has 2 aromatic heterocycles. The van der Waals surface area contributed by atoms with Crippen molar-refractivity contribution >= 4 is 30.1 Å². The zero-order valence-electron chi connectivity index (χ0n) is 16.3. The number of nitrogens with two attached hydrogens (primary N) is 1. The lowest BCUT2D eigenvalue weighted by molar-refractivity contribution is -0.130. The van der Waals surface area contributed by atoms with Gasteiger partial charge in [0.05, 0.1) is 18.7 Å². The van der Waals surface area contributed by atoms with Gasteiger partial charge in [0.1, 0.15) is 0 Å². The molecule has 0 spiro atoms. The monoisotopic (exact) mass is 397 g/mol. The number of rotatable bonds is 8. The Labute approximate surface area is 169 Å². The fourth-order valence-electron chi connectivity index (χ4n) is 3.19. The first-order chi connectivity index (χ1) is 14.1. The number of amides is 1. The molecule has 152 valence electrons. The van der Waals surface area contributed by atoms with Gasteiger partial charge in [-0.3, -0.25) is 4.79 Å². The fraction of sp³-hybridized carbons (Fsp3) is 0.350. The highest BCUT2D eigenvalue weighted by atomic mass is 19.1. The summed E-state index contributed by atoms with van der Waals surface area (Å²) in [5.74, 6) is 0.633. The highest BCUT2D eigenvalue weighted by Crippen LogP contribution is 2.23. The Morgan fingerprint density at radius 1 is 1.38 bits per heavy atom. The van der Waals surface area contributed by atoms with Crippen LogP contribution in [0, 0.1) is 11.7 Å². The molecule has 0 unspecified atom stereocenters. The van der Waals surface area contributed by atoms with Gasteiger partial charge in [-0.15, -0.1) is 0 Å². The van der Waals surface area contributed by atoms with Crippen LogP contribution in [-0.4, -0.2) is 58.8 Å². The minimum atomic E-state index is -0.471. The molecule has 0 saturated carbocycles. The first-order valence-corrected chi connectivity index (χ1v) is 9.41. The SMILES string of the molecule is CN(CCN1CC[C@H](C/C=C\c2cccnc2/N=C\N)C1=O)c1ncc(F)cn1. The van der Waals surface area contributed by atoms with E-state index in [1.807, 2.05) is 41.1 Å². The predicted molar refractivity (Wildman–Crippen MR) is 110 cm³/mol. The zero-order valence-corrected chi connectivity index (χ0v) is 16.3. The van der Waals surface area contributed by atoms with E-state index in [9.17, 15) is 9.18 Å². The quantitative estimate of drug-likeness (QED) is 0.540. The predicted octanol–water partition coefficient (Wildman–Crippen LogP) is 2.02. The highest BCUT2D eigenvalue weighted by Gasteiger charge is 2.30. The molecule has 8 nitrogen and oxygen atoms in total. The van der Waals surface area contributed by atoms with Crippen LogP contribution in [0.1, 0.15) is 18.4 Å². The highest BCUT2D eigenvalue weighted by molar-refractivity contribution is 5.81. The van der Waals surface area contributed by atoms with Crippen LogP contribution in [0.3, 0.4) is 0 Å². The van der Waals surface area contributed by atoms with Gasteiger partial charge in [-0.25, -0.2) is 24.3 Å². The molecule has 3 rings (SSSR count). The van der Waals surface area contributed by atoms with Crippen LogP contribution in [0.5, 0.6) is 0 Å². The van der Waals surface area contributed by atoms with Crippen molar-refractivity contribution in [3.05, 3.63) is 48.2 Å². The second kappa shape index (κ2) is 9.72. The normalized spacial score (nSPS) is 17.0. The van der Waals surface area contributed by atoms with Gasteiger partial charge in [0.25, 0.3) is 0 Å². The van der Waals surface area contributed by atoms with Crippen molar-refractivity contribution in [1.82, 2.24) is 19.9 Å². The number of likely N-dealkylation sites (N-methyl/N-ethyl adjacent to an activating group) is 1. The van der Waals surface area contributed by atoms with Crippen LogP contribution in [0.25, 0.3) is 6.08 Å². The van der Waals surface area contributed by atoms with E-state index in [4.69, 9.17) is 5.73 Å². The third-order valence-corrected chi connectivity index (χ3v) is 4.79. The van der Waals surface area contributed by atoms with Gasteiger partial charge in [-0.05, 0) is 25.0 Å². The lowest BCUT2D eigenvalue weighted by Crippen LogP contribution is -2.35. The Morgan fingerprint density at radius 3 is 2.93 bits per heavy atom. The van der Waals surface area contributed by atoms with Crippen LogP contribution < -0.4 is 10.6 Å². The molecule has 29 heavy (non-hydrogen) atoms. The van der Waals surface area contributed by atoms with Gasteiger partial charge in [0.15, 0.2) is 11.6 Å². The maximum atomic E-state index is 12.9. The van der Waals surface area contributed by atoms with Crippen LogP contribution in [0.15, 0.2) is 41.8 Å². The number of pyridine rings is 1. The summed E-state index contributed by atoms with van der Waals surface area (Å²) in [7, 11) is 1.82. The smallest absolute Gasteiger partial charge is 0.226 e. The van der Waals surface area contributed by atoms with Gasteiger partial charge >= 0.3 is 0 Å². The van der Waals surface area contributed by atoms with E-state index in [1.165, 1.54) is 6.34 Å². The van der Waals surface area contributed by atoms with Crippen LogP contribution in [0.2, 0.25) is 0 Å². The van der Waals surface area contributed by atoms with Gasteiger partial charge in [0, 0.05) is 44.4 Å².